The highest BCUT2D eigenvalue weighted by Crippen LogP contribution is 2.44. The lowest BCUT2D eigenvalue weighted by Gasteiger charge is -2.16. The van der Waals surface area contributed by atoms with Crippen molar-refractivity contribution in [3.05, 3.63) is 35.7 Å². The Bertz CT molecular complexity index is 801. The van der Waals surface area contributed by atoms with E-state index in [0.717, 1.165) is 0 Å². The minimum absolute atomic E-state index is 0.199. The van der Waals surface area contributed by atoms with Gasteiger partial charge >= 0.3 is 11.9 Å². The molecule has 2 aromatic rings. The number of pyridine rings is 1. The highest BCUT2D eigenvalue weighted by atomic mass is 16.5. The Morgan fingerprint density at radius 2 is 1.46 bits per heavy atom. The molecule has 1 aromatic carbocycles. The molecular formula is C16H15NO7. The number of rotatable bonds is 6. The van der Waals surface area contributed by atoms with Gasteiger partial charge in [0.05, 0.1) is 21.3 Å². The Morgan fingerprint density at radius 1 is 0.833 bits per heavy atom. The first kappa shape index (κ1) is 17.1. The maximum Gasteiger partial charge on any atom is 0.355 e. The van der Waals surface area contributed by atoms with Crippen LogP contribution in [0.5, 0.6) is 17.2 Å². The molecule has 1 aromatic heterocycles. The molecule has 8 nitrogen and oxygen atoms in total. The summed E-state index contributed by atoms with van der Waals surface area (Å²) in [5.74, 6) is -1.72. The fourth-order valence-electron chi connectivity index (χ4n) is 2.27. The summed E-state index contributed by atoms with van der Waals surface area (Å²) >= 11 is 0. The summed E-state index contributed by atoms with van der Waals surface area (Å²) < 4.78 is 15.8. The lowest BCUT2D eigenvalue weighted by atomic mass is 10.0. The third kappa shape index (κ3) is 2.94. The van der Waals surface area contributed by atoms with Crippen molar-refractivity contribution in [2.75, 3.05) is 21.3 Å². The maximum atomic E-state index is 11.5. The largest absolute Gasteiger partial charge is 0.493 e. The second-order valence-corrected chi connectivity index (χ2v) is 4.58. The molecule has 0 spiro atoms. The number of carboxylic acids is 2. The number of methoxy groups -OCH3 is 3. The van der Waals surface area contributed by atoms with Gasteiger partial charge in [-0.1, -0.05) is 0 Å². The zero-order chi connectivity index (χ0) is 17.9. The Hall–Kier alpha value is -3.29. The molecular weight excluding hydrogens is 318 g/mol. The van der Waals surface area contributed by atoms with Crippen LogP contribution in [0.4, 0.5) is 0 Å². The third-order valence-corrected chi connectivity index (χ3v) is 3.31. The van der Waals surface area contributed by atoms with E-state index in [0.29, 0.717) is 11.3 Å². The smallest absolute Gasteiger partial charge is 0.355 e. The predicted octanol–water partition coefficient (Wildman–Crippen LogP) is 2.17. The quantitative estimate of drug-likeness (QED) is 0.826. The van der Waals surface area contributed by atoms with E-state index in [4.69, 9.17) is 19.3 Å². The third-order valence-electron chi connectivity index (χ3n) is 3.31. The monoisotopic (exact) mass is 333 g/mol. The van der Waals surface area contributed by atoms with E-state index < -0.39 is 17.6 Å². The van der Waals surface area contributed by atoms with Gasteiger partial charge in [-0.3, -0.25) is 0 Å². The van der Waals surface area contributed by atoms with Crippen LogP contribution >= 0.6 is 0 Å². The summed E-state index contributed by atoms with van der Waals surface area (Å²) in [7, 11) is 4.29. The fraction of sp³-hybridized carbons (Fsp3) is 0.188. The van der Waals surface area contributed by atoms with Crippen molar-refractivity contribution in [3.63, 3.8) is 0 Å². The number of carboxylic acid groups (broad SMARTS) is 2. The number of carbonyl (C=O) groups is 2. The zero-order valence-corrected chi connectivity index (χ0v) is 13.2. The first-order valence-electron chi connectivity index (χ1n) is 6.71. The van der Waals surface area contributed by atoms with Crippen LogP contribution in [-0.2, 0) is 0 Å². The maximum absolute atomic E-state index is 11.5. The number of ether oxygens (including phenoxy) is 3. The lowest BCUT2D eigenvalue weighted by Crippen LogP contribution is -2.09. The normalized spacial score (nSPS) is 10.1. The number of aromatic nitrogens is 1. The molecule has 2 N–H and O–H groups in total. The van der Waals surface area contributed by atoms with Crippen LogP contribution in [0.2, 0.25) is 0 Å². The summed E-state index contributed by atoms with van der Waals surface area (Å²) in [4.78, 5) is 26.2. The van der Waals surface area contributed by atoms with Crippen LogP contribution < -0.4 is 14.2 Å². The van der Waals surface area contributed by atoms with E-state index in [1.165, 1.54) is 33.5 Å². The highest BCUT2D eigenvalue weighted by molar-refractivity contribution is 5.97. The van der Waals surface area contributed by atoms with Gasteiger partial charge in [0.15, 0.2) is 17.2 Å². The molecule has 0 amide bonds. The second kappa shape index (κ2) is 6.86. The van der Waals surface area contributed by atoms with Crippen LogP contribution in [0.25, 0.3) is 11.1 Å². The van der Waals surface area contributed by atoms with Crippen molar-refractivity contribution in [1.82, 2.24) is 4.98 Å². The SMILES string of the molecule is COc1ccc(-c2ccc(C(=O)O)nc2C(=O)O)c(OC)c1OC. The standard InChI is InChI=1S/C16H15NO7/c1-22-11-7-5-9(13(23-2)14(11)24-3)8-4-6-10(15(18)19)17-12(8)16(20)21/h4-7H,1-3H3,(H,18,19)(H,20,21). The molecule has 8 heteroatoms. The van der Waals surface area contributed by atoms with Gasteiger partial charge in [0, 0.05) is 11.1 Å². The first-order chi connectivity index (χ1) is 11.4. The van der Waals surface area contributed by atoms with Crippen LogP contribution in [0.3, 0.4) is 0 Å². The molecule has 0 saturated carbocycles. The lowest BCUT2D eigenvalue weighted by molar-refractivity contribution is 0.0686. The first-order valence-corrected chi connectivity index (χ1v) is 6.71. The summed E-state index contributed by atoms with van der Waals surface area (Å²) in [6, 6.07) is 5.77. The number of benzene rings is 1. The van der Waals surface area contributed by atoms with E-state index in [1.807, 2.05) is 0 Å². The van der Waals surface area contributed by atoms with Crippen molar-refractivity contribution in [2.45, 2.75) is 0 Å². The summed E-state index contributed by atoms with van der Waals surface area (Å²) in [6.07, 6.45) is 0. The average molecular weight is 333 g/mol. The van der Waals surface area contributed by atoms with Gasteiger partial charge in [0.1, 0.15) is 5.69 Å². The van der Waals surface area contributed by atoms with Crippen LogP contribution in [0.15, 0.2) is 24.3 Å². The molecule has 126 valence electrons. The molecule has 0 atom stereocenters. The Morgan fingerprint density at radius 3 is 1.96 bits per heavy atom. The van der Waals surface area contributed by atoms with Crippen molar-refractivity contribution >= 4 is 11.9 Å². The molecule has 0 bridgehead atoms. The van der Waals surface area contributed by atoms with E-state index in [1.54, 1.807) is 12.1 Å². The van der Waals surface area contributed by atoms with E-state index >= 15 is 0 Å². The van der Waals surface area contributed by atoms with Crippen molar-refractivity contribution < 1.29 is 34.0 Å². The molecule has 0 unspecified atom stereocenters. The van der Waals surface area contributed by atoms with E-state index in [9.17, 15) is 14.7 Å². The van der Waals surface area contributed by atoms with Crippen LogP contribution in [-0.4, -0.2) is 48.5 Å². The average Bonchev–Trinajstić information content (AvgIpc) is 2.59. The summed E-state index contributed by atoms with van der Waals surface area (Å²) in [5, 5.41) is 18.4. The molecule has 2 rings (SSSR count). The number of hydrogen-bond acceptors (Lipinski definition) is 6. The van der Waals surface area contributed by atoms with E-state index in [2.05, 4.69) is 4.98 Å². The molecule has 1 heterocycles. The van der Waals surface area contributed by atoms with Crippen LogP contribution in [0, 0.1) is 0 Å². The zero-order valence-electron chi connectivity index (χ0n) is 13.2. The van der Waals surface area contributed by atoms with Gasteiger partial charge in [-0.25, -0.2) is 14.6 Å². The second-order valence-electron chi connectivity index (χ2n) is 4.58. The predicted molar refractivity (Wildman–Crippen MR) is 83.2 cm³/mol. The fourth-order valence-corrected chi connectivity index (χ4v) is 2.27. The number of hydrogen-bond donors (Lipinski definition) is 2. The van der Waals surface area contributed by atoms with Crippen LogP contribution in [0.1, 0.15) is 21.0 Å². The topological polar surface area (TPSA) is 115 Å². The minimum atomic E-state index is -1.36. The van der Waals surface area contributed by atoms with Gasteiger partial charge in [-0.05, 0) is 24.3 Å². The number of aromatic carboxylic acids is 2. The van der Waals surface area contributed by atoms with Crippen molar-refractivity contribution in [3.8, 4) is 28.4 Å². The van der Waals surface area contributed by atoms with Crippen molar-refractivity contribution in [1.29, 1.82) is 0 Å². The molecule has 0 aliphatic rings. The molecule has 24 heavy (non-hydrogen) atoms. The Kier molecular flexibility index (Phi) is 4.88. The Balaban J connectivity index is 2.76. The molecule has 0 aliphatic heterocycles. The van der Waals surface area contributed by atoms with Crippen molar-refractivity contribution in [2.24, 2.45) is 0 Å². The minimum Gasteiger partial charge on any atom is -0.493 e. The molecule has 0 aliphatic carbocycles. The Labute approximate surface area is 137 Å². The van der Waals surface area contributed by atoms with Gasteiger partial charge in [-0.2, -0.15) is 0 Å². The van der Waals surface area contributed by atoms with Gasteiger partial charge in [0.25, 0.3) is 0 Å². The summed E-state index contributed by atoms with van der Waals surface area (Å²) in [6.45, 7) is 0. The summed E-state index contributed by atoms with van der Waals surface area (Å²) in [5.41, 5.74) is -0.182. The van der Waals surface area contributed by atoms with Gasteiger partial charge < -0.3 is 24.4 Å². The van der Waals surface area contributed by atoms with Gasteiger partial charge in [0.2, 0.25) is 5.75 Å². The van der Waals surface area contributed by atoms with Gasteiger partial charge in [-0.15, -0.1) is 0 Å². The molecule has 0 fully saturated rings. The molecule has 0 radical (unpaired) electrons. The number of nitrogens with zero attached hydrogens (tertiary/aromatic N) is 1. The highest BCUT2D eigenvalue weighted by Gasteiger charge is 2.23. The van der Waals surface area contributed by atoms with E-state index in [-0.39, 0.29) is 22.8 Å². The molecule has 0 saturated heterocycles.